The number of rotatable bonds is 8. The summed E-state index contributed by atoms with van der Waals surface area (Å²) in [6.45, 7) is 29.8. The molecule has 0 unspecified atom stereocenters. The van der Waals surface area contributed by atoms with Gasteiger partial charge in [0.15, 0.2) is 0 Å². The molecule has 0 N–H and O–H groups in total. The Morgan fingerprint density at radius 3 is 0.972 bits per heavy atom. The number of fused-ring (bicyclic) bond motifs is 5. The molecule has 2 aromatic heterocycles. The van der Waals surface area contributed by atoms with Gasteiger partial charge in [0, 0.05) is 20.2 Å². The zero-order valence-corrected chi connectivity index (χ0v) is 28.4. The van der Waals surface area contributed by atoms with Crippen LogP contribution in [-0.4, -0.2) is 16.1 Å². The van der Waals surface area contributed by atoms with Crippen LogP contribution in [0.1, 0.15) is 83.1 Å². The predicted octanol–water partition coefficient (Wildman–Crippen LogP) is 11.0. The van der Waals surface area contributed by atoms with E-state index in [1.807, 2.05) is 0 Å². The summed E-state index contributed by atoms with van der Waals surface area (Å²) >= 11 is 4.26. The zero-order valence-electron chi connectivity index (χ0n) is 24.7. The molecule has 0 atom stereocenters. The third-order valence-electron chi connectivity index (χ3n) is 9.75. The number of thiophene rings is 2. The van der Waals surface area contributed by atoms with Crippen LogP contribution in [0.25, 0.3) is 30.9 Å². The van der Waals surface area contributed by atoms with Crippen LogP contribution in [0.5, 0.6) is 0 Å². The fourth-order valence-electron chi connectivity index (χ4n) is 8.53. The van der Waals surface area contributed by atoms with Crippen molar-refractivity contribution in [1.29, 1.82) is 0 Å². The van der Waals surface area contributed by atoms with Gasteiger partial charge in [-0.15, -0.1) is 22.7 Å². The van der Waals surface area contributed by atoms with E-state index in [1.165, 1.54) is 30.9 Å². The topological polar surface area (TPSA) is 0 Å². The molecule has 196 valence electrons. The van der Waals surface area contributed by atoms with Crippen LogP contribution in [-0.2, 0) is 0 Å². The minimum atomic E-state index is -1.66. The lowest BCUT2D eigenvalue weighted by Crippen LogP contribution is -2.54. The van der Waals surface area contributed by atoms with E-state index < -0.39 is 16.1 Å². The van der Waals surface area contributed by atoms with Crippen LogP contribution in [0.3, 0.4) is 0 Å². The average molecular weight is 553 g/mol. The van der Waals surface area contributed by atoms with Crippen LogP contribution >= 0.6 is 22.7 Å². The van der Waals surface area contributed by atoms with Crippen LogP contribution in [0.4, 0.5) is 0 Å². The lowest BCUT2D eigenvalue weighted by atomic mass is 10.1. The highest BCUT2D eigenvalue weighted by Gasteiger charge is 2.46. The molecule has 0 bridgehead atoms. The van der Waals surface area contributed by atoms with Gasteiger partial charge in [0.05, 0.1) is 0 Å². The number of hydrogen-bond acceptors (Lipinski definition) is 2. The molecule has 4 aromatic rings. The second-order valence-electron chi connectivity index (χ2n) is 13.1. The molecule has 2 aromatic carbocycles. The smallest absolute Gasteiger partial charge is 0.107 e. The Labute approximate surface area is 230 Å². The molecule has 0 aliphatic heterocycles. The molecule has 0 saturated carbocycles. The van der Waals surface area contributed by atoms with Gasteiger partial charge in [-0.3, -0.25) is 0 Å². The van der Waals surface area contributed by atoms with E-state index in [2.05, 4.69) is 142 Å². The Morgan fingerprint density at radius 1 is 0.444 bits per heavy atom. The standard InChI is InChI=1S/C32H48S2Si2/c1-19(2)35(20(3)4,21(5)6)29-17-25-13-15-28-27(31(25)33-29)16-14-26-18-30(34-32(26)28)36(22(7)8,23(9)10)24(11)12/h13-24H,1-12H3. The Bertz CT molecular complexity index is 1220. The van der Waals surface area contributed by atoms with E-state index in [0.717, 1.165) is 33.2 Å². The molecular weight excluding hydrogens is 505 g/mol. The molecule has 4 rings (SSSR count). The number of hydrogen-bond donors (Lipinski definition) is 0. The Balaban J connectivity index is 1.99. The summed E-state index contributed by atoms with van der Waals surface area (Å²) in [7, 11) is -3.32. The first-order chi connectivity index (χ1) is 16.8. The van der Waals surface area contributed by atoms with Gasteiger partial charge in [-0.2, -0.15) is 0 Å². The maximum absolute atomic E-state index is 2.59. The molecule has 4 heteroatoms. The van der Waals surface area contributed by atoms with Crippen LogP contribution in [0.2, 0.25) is 33.2 Å². The lowest BCUT2D eigenvalue weighted by Gasteiger charge is -2.42. The van der Waals surface area contributed by atoms with E-state index in [4.69, 9.17) is 0 Å². The molecule has 0 spiro atoms. The molecule has 36 heavy (non-hydrogen) atoms. The van der Waals surface area contributed by atoms with Crippen molar-refractivity contribution >= 4 is 78.8 Å². The van der Waals surface area contributed by atoms with Crippen molar-refractivity contribution in [2.75, 3.05) is 0 Å². The summed E-state index contributed by atoms with van der Waals surface area (Å²) in [6.07, 6.45) is 0. The summed E-state index contributed by atoms with van der Waals surface area (Å²) in [5, 5.41) is 5.84. The Kier molecular flexibility index (Phi) is 7.78. The van der Waals surface area contributed by atoms with Crippen molar-refractivity contribution in [3.8, 4) is 0 Å². The minimum absolute atomic E-state index is 0.740. The van der Waals surface area contributed by atoms with E-state index in [0.29, 0.717) is 0 Å². The highest BCUT2D eigenvalue weighted by atomic mass is 32.1. The maximum Gasteiger partial charge on any atom is 0.107 e. The summed E-state index contributed by atoms with van der Waals surface area (Å²) in [5.74, 6) is 0. The zero-order chi connectivity index (χ0) is 26.7. The van der Waals surface area contributed by atoms with Gasteiger partial charge >= 0.3 is 0 Å². The summed E-state index contributed by atoms with van der Waals surface area (Å²) < 4.78 is 6.45. The molecule has 0 amide bonds. The minimum Gasteiger partial charge on any atom is -0.144 e. The first-order valence-corrected chi connectivity index (χ1v) is 20.3. The highest BCUT2D eigenvalue weighted by Crippen LogP contribution is 2.46. The van der Waals surface area contributed by atoms with Gasteiger partial charge in [0.2, 0.25) is 0 Å². The van der Waals surface area contributed by atoms with Crippen molar-refractivity contribution in [2.45, 2.75) is 116 Å². The Hall–Kier alpha value is -0.946. The first-order valence-electron chi connectivity index (χ1n) is 14.2. The van der Waals surface area contributed by atoms with Crippen LogP contribution in [0, 0.1) is 0 Å². The van der Waals surface area contributed by atoms with Gasteiger partial charge in [-0.05, 0) is 65.2 Å². The normalized spacial score (nSPS) is 13.9. The predicted molar refractivity (Wildman–Crippen MR) is 176 cm³/mol. The molecule has 0 aliphatic rings. The summed E-state index contributed by atoms with van der Waals surface area (Å²) in [5.41, 5.74) is 4.44. The summed E-state index contributed by atoms with van der Waals surface area (Å²) in [4.78, 5) is 0. The van der Waals surface area contributed by atoms with Crippen LogP contribution < -0.4 is 9.00 Å². The van der Waals surface area contributed by atoms with Crippen molar-refractivity contribution in [3.63, 3.8) is 0 Å². The van der Waals surface area contributed by atoms with Crippen LogP contribution in [0.15, 0.2) is 36.4 Å². The van der Waals surface area contributed by atoms with Crippen molar-refractivity contribution in [1.82, 2.24) is 0 Å². The molecule has 0 saturated heterocycles. The third-order valence-corrected chi connectivity index (χ3v) is 27.9. The Morgan fingerprint density at radius 2 is 0.722 bits per heavy atom. The van der Waals surface area contributed by atoms with E-state index in [9.17, 15) is 0 Å². The third kappa shape index (κ3) is 3.92. The molecule has 0 radical (unpaired) electrons. The van der Waals surface area contributed by atoms with Gasteiger partial charge in [-0.25, -0.2) is 0 Å². The second-order valence-corrected chi connectivity index (χ2v) is 27.6. The molecule has 0 fully saturated rings. The van der Waals surface area contributed by atoms with Gasteiger partial charge in [0.25, 0.3) is 0 Å². The SMILES string of the molecule is CC(C)[Si](c1cc2ccc3c(ccc4cc([Si](C(C)C)(C(C)C)C(C)C)sc43)c2s1)(C(C)C)C(C)C. The molecule has 0 aliphatic carbocycles. The summed E-state index contributed by atoms with van der Waals surface area (Å²) in [6, 6.07) is 14.9. The fourth-order valence-corrected chi connectivity index (χ4v) is 28.9. The van der Waals surface area contributed by atoms with Crippen molar-refractivity contribution < 1.29 is 0 Å². The second kappa shape index (κ2) is 9.98. The number of benzene rings is 2. The van der Waals surface area contributed by atoms with E-state index >= 15 is 0 Å². The quantitative estimate of drug-likeness (QED) is 0.191. The lowest BCUT2D eigenvalue weighted by molar-refractivity contribution is 0.837. The monoisotopic (exact) mass is 552 g/mol. The first kappa shape index (κ1) is 28.1. The molecular formula is C32H48S2Si2. The fraction of sp³-hybridized carbons (Fsp3) is 0.562. The largest absolute Gasteiger partial charge is 0.144 e. The molecule has 0 nitrogen and oxygen atoms in total. The van der Waals surface area contributed by atoms with E-state index in [-0.39, 0.29) is 0 Å². The van der Waals surface area contributed by atoms with Gasteiger partial charge in [0.1, 0.15) is 16.1 Å². The maximum atomic E-state index is 2.59. The molecule has 2 heterocycles. The average Bonchev–Trinajstić information content (AvgIpc) is 3.37. The van der Waals surface area contributed by atoms with Crippen molar-refractivity contribution in [2.24, 2.45) is 0 Å². The highest BCUT2D eigenvalue weighted by molar-refractivity contribution is 7.34. The van der Waals surface area contributed by atoms with Crippen molar-refractivity contribution in [3.05, 3.63) is 36.4 Å². The van der Waals surface area contributed by atoms with Gasteiger partial charge < -0.3 is 0 Å². The van der Waals surface area contributed by atoms with Gasteiger partial charge in [-0.1, -0.05) is 107 Å². The van der Waals surface area contributed by atoms with E-state index in [1.54, 1.807) is 9.00 Å².